The van der Waals surface area contributed by atoms with E-state index in [0.717, 1.165) is 51.2 Å². The lowest BCUT2D eigenvalue weighted by molar-refractivity contribution is -0.127. The van der Waals surface area contributed by atoms with Gasteiger partial charge in [-0.3, -0.25) is 4.79 Å². The summed E-state index contributed by atoms with van der Waals surface area (Å²) in [7, 11) is 0. The fourth-order valence-electron chi connectivity index (χ4n) is 4.83. The molecular weight excluding hydrogens is 360 g/mol. The Hall–Kier alpha value is -1.21. The quantitative estimate of drug-likeness (QED) is 0.756. The van der Waals surface area contributed by atoms with Crippen molar-refractivity contribution in [1.82, 2.24) is 15.5 Å². The fraction of sp³-hybridized carbons (Fsp3) is 0.800. The van der Waals surface area contributed by atoms with Crippen LogP contribution >= 0.6 is 11.8 Å². The summed E-state index contributed by atoms with van der Waals surface area (Å²) >= 11 is 1.74. The number of amides is 1. The zero-order valence-electron chi connectivity index (χ0n) is 16.7. The zero-order valence-corrected chi connectivity index (χ0v) is 17.5. The molecule has 0 aromatic carbocycles. The molecule has 7 heteroatoms. The van der Waals surface area contributed by atoms with Crippen molar-refractivity contribution in [2.75, 3.05) is 19.6 Å². The molecule has 4 aliphatic rings. The number of carbonyl (C=O) groups is 1. The maximum atomic E-state index is 13.2. The molecule has 0 aromatic heterocycles. The highest BCUT2D eigenvalue weighted by Crippen LogP contribution is 2.46. The molecule has 2 fully saturated rings. The fourth-order valence-corrected chi connectivity index (χ4v) is 5.74. The van der Waals surface area contributed by atoms with E-state index < -0.39 is 0 Å². The van der Waals surface area contributed by atoms with Gasteiger partial charge < -0.3 is 20.4 Å². The van der Waals surface area contributed by atoms with Gasteiger partial charge in [-0.2, -0.15) is 0 Å². The number of hydrogen-bond acceptors (Lipinski definition) is 6. The highest BCUT2D eigenvalue weighted by molar-refractivity contribution is 8.03. The second kappa shape index (κ2) is 7.32. The summed E-state index contributed by atoms with van der Waals surface area (Å²) in [6.45, 7) is 9.34. The minimum atomic E-state index is -0.238. The number of oxime groups is 1. The van der Waals surface area contributed by atoms with Crippen molar-refractivity contribution < 1.29 is 9.63 Å². The summed E-state index contributed by atoms with van der Waals surface area (Å²) in [5, 5.41) is 13.3. The molecule has 150 valence electrons. The molecule has 2 atom stereocenters. The van der Waals surface area contributed by atoms with E-state index in [2.05, 4.69) is 42.0 Å². The van der Waals surface area contributed by atoms with Crippen LogP contribution in [-0.2, 0) is 9.63 Å². The van der Waals surface area contributed by atoms with Gasteiger partial charge in [-0.1, -0.05) is 25.9 Å². The lowest BCUT2D eigenvalue weighted by Gasteiger charge is -2.41. The van der Waals surface area contributed by atoms with Crippen molar-refractivity contribution in [3.8, 4) is 0 Å². The molecule has 6 nitrogen and oxygen atoms in total. The van der Waals surface area contributed by atoms with Gasteiger partial charge in [0.2, 0.25) is 0 Å². The maximum absolute atomic E-state index is 13.2. The zero-order chi connectivity index (χ0) is 19.1. The Balaban J connectivity index is 1.39. The van der Waals surface area contributed by atoms with Crippen molar-refractivity contribution >= 4 is 23.4 Å². The van der Waals surface area contributed by atoms with Crippen LogP contribution in [0.15, 0.2) is 16.8 Å². The SMILES string of the molecule is CC(C)(C)C1CCC2(CC1)CC(C(=O)N1CCNCC1C1NC=CS1)=NO2. The summed E-state index contributed by atoms with van der Waals surface area (Å²) in [6.07, 6.45) is 6.96. The average molecular weight is 393 g/mol. The molecule has 0 aromatic rings. The Morgan fingerprint density at radius 3 is 2.81 bits per heavy atom. The van der Waals surface area contributed by atoms with E-state index in [4.69, 9.17) is 4.84 Å². The highest BCUT2D eigenvalue weighted by Gasteiger charge is 2.47. The number of nitrogens with zero attached hydrogens (tertiary/aromatic N) is 2. The van der Waals surface area contributed by atoms with Crippen LogP contribution in [0.2, 0.25) is 0 Å². The number of thioether (sulfide) groups is 1. The number of hydrogen-bond donors (Lipinski definition) is 2. The summed E-state index contributed by atoms with van der Waals surface area (Å²) in [6, 6.07) is 0.127. The minimum Gasteiger partial charge on any atom is -0.388 e. The molecule has 27 heavy (non-hydrogen) atoms. The Bertz CT molecular complexity index is 626. The Morgan fingerprint density at radius 1 is 1.37 bits per heavy atom. The monoisotopic (exact) mass is 392 g/mol. The van der Waals surface area contributed by atoms with Crippen LogP contribution in [-0.4, -0.2) is 53.2 Å². The molecular formula is C20H32N4O2S. The van der Waals surface area contributed by atoms with E-state index in [-0.39, 0.29) is 22.9 Å². The first-order valence-corrected chi connectivity index (χ1v) is 11.2. The van der Waals surface area contributed by atoms with Gasteiger partial charge in [0.1, 0.15) is 11.3 Å². The number of rotatable bonds is 2. The molecule has 1 spiro atoms. The normalized spacial score (nSPS) is 36.5. The molecule has 1 amide bonds. The van der Waals surface area contributed by atoms with Crippen LogP contribution in [0.5, 0.6) is 0 Å². The molecule has 3 aliphatic heterocycles. The second-order valence-corrected chi connectivity index (χ2v) is 10.5. The van der Waals surface area contributed by atoms with Crippen LogP contribution in [0, 0.1) is 11.3 Å². The predicted octanol–water partition coefficient (Wildman–Crippen LogP) is 2.67. The van der Waals surface area contributed by atoms with Gasteiger partial charge in [0, 0.05) is 32.3 Å². The first-order chi connectivity index (χ1) is 12.9. The van der Waals surface area contributed by atoms with E-state index in [9.17, 15) is 4.79 Å². The van der Waals surface area contributed by atoms with E-state index in [1.54, 1.807) is 11.8 Å². The third kappa shape index (κ3) is 3.86. The van der Waals surface area contributed by atoms with E-state index in [0.29, 0.717) is 17.5 Å². The third-order valence-corrected chi connectivity index (χ3v) is 7.69. The lowest BCUT2D eigenvalue weighted by Crippen LogP contribution is -2.60. The molecule has 4 rings (SSSR count). The van der Waals surface area contributed by atoms with Crippen LogP contribution in [0.4, 0.5) is 0 Å². The van der Waals surface area contributed by atoms with Gasteiger partial charge in [-0.05, 0) is 42.4 Å². The highest BCUT2D eigenvalue weighted by atomic mass is 32.2. The first kappa shape index (κ1) is 19.1. The number of piperazine rings is 1. The lowest BCUT2D eigenvalue weighted by atomic mass is 9.67. The van der Waals surface area contributed by atoms with Gasteiger partial charge >= 0.3 is 0 Å². The van der Waals surface area contributed by atoms with E-state index in [1.807, 2.05) is 11.1 Å². The van der Waals surface area contributed by atoms with Crippen molar-refractivity contribution in [1.29, 1.82) is 0 Å². The smallest absolute Gasteiger partial charge is 0.272 e. The Morgan fingerprint density at radius 2 is 2.15 bits per heavy atom. The van der Waals surface area contributed by atoms with Crippen molar-refractivity contribution in [3.05, 3.63) is 11.6 Å². The molecule has 1 saturated carbocycles. The number of nitrogens with one attached hydrogen (secondary N) is 2. The summed E-state index contributed by atoms with van der Waals surface area (Å²) in [5.74, 6) is 0.785. The average Bonchev–Trinajstić information content (AvgIpc) is 3.31. The summed E-state index contributed by atoms with van der Waals surface area (Å²) in [5.41, 5.74) is 0.721. The van der Waals surface area contributed by atoms with Gasteiger partial charge in [0.25, 0.3) is 5.91 Å². The Labute approximate surface area is 166 Å². The summed E-state index contributed by atoms with van der Waals surface area (Å²) < 4.78 is 0. The Kier molecular flexibility index (Phi) is 5.18. The third-order valence-electron chi connectivity index (χ3n) is 6.65. The van der Waals surface area contributed by atoms with Crippen molar-refractivity contribution in [3.63, 3.8) is 0 Å². The van der Waals surface area contributed by atoms with Gasteiger partial charge in [0.05, 0.1) is 11.4 Å². The van der Waals surface area contributed by atoms with Gasteiger partial charge in [-0.25, -0.2) is 0 Å². The van der Waals surface area contributed by atoms with Crippen LogP contribution in [0.1, 0.15) is 52.9 Å². The van der Waals surface area contributed by atoms with Gasteiger partial charge in [0.15, 0.2) is 0 Å². The predicted molar refractivity (Wildman–Crippen MR) is 109 cm³/mol. The minimum absolute atomic E-state index is 0.0608. The first-order valence-electron chi connectivity index (χ1n) is 10.2. The molecule has 1 aliphatic carbocycles. The largest absolute Gasteiger partial charge is 0.388 e. The maximum Gasteiger partial charge on any atom is 0.272 e. The molecule has 1 saturated heterocycles. The van der Waals surface area contributed by atoms with Crippen LogP contribution < -0.4 is 10.6 Å². The molecule has 3 heterocycles. The van der Waals surface area contributed by atoms with Gasteiger partial charge in [-0.15, -0.1) is 11.8 Å². The van der Waals surface area contributed by atoms with E-state index >= 15 is 0 Å². The molecule has 0 radical (unpaired) electrons. The topological polar surface area (TPSA) is 66.0 Å². The molecule has 0 bridgehead atoms. The van der Waals surface area contributed by atoms with Crippen LogP contribution in [0.25, 0.3) is 0 Å². The number of carbonyl (C=O) groups excluding carboxylic acids is 1. The molecule has 2 unspecified atom stereocenters. The van der Waals surface area contributed by atoms with Crippen LogP contribution in [0.3, 0.4) is 0 Å². The molecule has 2 N–H and O–H groups in total. The standard InChI is InChI=1S/C20H32N4O2S/c1-19(2,3)14-4-6-20(7-5-14)12-15(23-26-20)18(25)24-10-8-21-13-16(24)17-22-9-11-27-17/h9,11,14,16-17,21-22H,4-8,10,12-13H2,1-3H3. The van der Waals surface area contributed by atoms with Crippen molar-refractivity contribution in [2.24, 2.45) is 16.5 Å². The second-order valence-electron chi connectivity index (χ2n) is 9.43. The van der Waals surface area contributed by atoms with E-state index in [1.165, 1.54) is 0 Å². The summed E-state index contributed by atoms with van der Waals surface area (Å²) in [4.78, 5) is 21.2. The van der Waals surface area contributed by atoms with Crippen molar-refractivity contribution in [2.45, 2.75) is 69.9 Å².